The number of nitrogens with zero attached hydrogens (tertiary/aromatic N) is 2. The summed E-state index contributed by atoms with van der Waals surface area (Å²) in [5.41, 5.74) is 0.457. The smallest absolute Gasteiger partial charge is 0.225 e. The number of piperazine rings is 1. The highest BCUT2D eigenvalue weighted by molar-refractivity contribution is 6.39. The van der Waals surface area contributed by atoms with Crippen molar-refractivity contribution in [3.8, 4) is 0 Å². The predicted molar refractivity (Wildman–Crippen MR) is 97.6 cm³/mol. The Kier molecular flexibility index (Phi) is 6.90. The highest BCUT2D eigenvalue weighted by atomic mass is 35.5. The van der Waals surface area contributed by atoms with Crippen LogP contribution in [-0.4, -0.2) is 54.3 Å². The molecule has 2 amide bonds. The first-order valence-corrected chi connectivity index (χ1v) is 8.89. The lowest BCUT2D eigenvalue weighted by Gasteiger charge is -2.35. The Bertz CT molecular complexity index is 579. The molecular weight excluding hydrogens is 349 g/mol. The number of rotatable bonds is 5. The number of hydrogen-bond donors (Lipinski definition) is 1. The summed E-state index contributed by atoms with van der Waals surface area (Å²) in [6.07, 6.45) is 0.361. The summed E-state index contributed by atoms with van der Waals surface area (Å²) >= 11 is 12.1. The molecule has 1 aromatic rings. The summed E-state index contributed by atoms with van der Waals surface area (Å²) in [6.45, 7) is 7.50. The molecule has 2 rings (SSSR count). The molecule has 1 heterocycles. The number of benzene rings is 1. The monoisotopic (exact) mass is 371 g/mol. The molecule has 7 heteroatoms. The van der Waals surface area contributed by atoms with E-state index in [1.807, 2.05) is 18.7 Å². The molecule has 0 unspecified atom stereocenters. The van der Waals surface area contributed by atoms with Gasteiger partial charge in [-0.2, -0.15) is 0 Å². The minimum Gasteiger partial charge on any atom is -0.340 e. The van der Waals surface area contributed by atoms with Crippen molar-refractivity contribution in [1.82, 2.24) is 9.80 Å². The standard InChI is InChI=1S/C17H23Cl2N3O2/c1-12(2)17(24)22-10-8-21(9-11-22)7-6-15(23)20-16-13(18)4-3-5-14(16)19/h3-5,12H,6-11H2,1-2H3,(H,20,23). The molecule has 0 aromatic heterocycles. The maximum absolute atomic E-state index is 12.1. The van der Waals surface area contributed by atoms with Crippen molar-refractivity contribution in [3.63, 3.8) is 0 Å². The van der Waals surface area contributed by atoms with E-state index in [0.717, 1.165) is 26.2 Å². The van der Waals surface area contributed by atoms with Crippen molar-refractivity contribution < 1.29 is 9.59 Å². The third-order valence-electron chi connectivity index (χ3n) is 4.06. The van der Waals surface area contributed by atoms with Crippen LogP contribution in [-0.2, 0) is 9.59 Å². The molecule has 24 heavy (non-hydrogen) atoms. The number of anilines is 1. The molecule has 0 bridgehead atoms. The molecule has 1 N–H and O–H groups in total. The molecule has 1 saturated heterocycles. The van der Waals surface area contributed by atoms with Crippen LogP contribution in [0.25, 0.3) is 0 Å². The van der Waals surface area contributed by atoms with Crippen LogP contribution in [0.1, 0.15) is 20.3 Å². The largest absolute Gasteiger partial charge is 0.340 e. The van der Waals surface area contributed by atoms with Gasteiger partial charge >= 0.3 is 0 Å². The minimum absolute atomic E-state index is 0.0303. The third-order valence-corrected chi connectivity index (χ3v) is 4.69. The quantitative estimate of drug-likeness (QED) is 0.864. The van der Waals surface area contributed by atoms with Gasteiger partial charge in [0.2, 0.25) is 11.8 Å². The average Bonchev–Trinajstić information content (AvgIpc) is 2.56. The molecule has 132 valence electrons. The van der Waals surface area contributed by atoms with Crippen LogP contribution in [0.15, 0.2) is 18.2 Å². The molecule has 1 aliphatic heterocycles. The van der Waals surface area contributed by atoms with Gasteiger partial charge in [0, 0.05) is 45.1 Å². The molecule has 5 nitrogen and oxygen atoms in total. The van der Waals surface area contributed by atoms with Gasteiger partial charge in [-0.05, 0) is 12.1 Å². The SMILES string of the molecule is CC(C)C(=O)N1CCN(CCC(=O)Nc2c(Cl)cccc2Cl)CC1. The predicted octanol–water partition coefficient (Wildman–Crippen LogP) is 3.12. The van der Waals surface area contributed by atoms with E-state index < -0.39 is 0 Å². The van der Waals surface area contributed by atoms with E-state index in [9.17, 15) is 9.59 Å². The Labute approximate surface area is 152 Å². The van der Waals surface area contributed by atoms with Crippen LogP contribution in [0.4, 0.5) is 5.69 Å². The summed E-state index contributed by atoms with van der Waals surface area (Å²) in [5, 5.41) is 3.62. The van der Waals surface area contributed by atoms with Crippen LogP contribution < -0.4 is 5.32 Å². The van der Waals surface area contributed by atoms with Gasteiger partial charge in [0.1, 0.15) is 0 Å². The number of para-hydroxylation sites is 1. The van der Waals surface area contributed by atoms with Gasteiger partial charge < -0.3 is 10.2 Å². The zero-order valence-corrected chi connectivity index (χ0v) is 15.5. The van der Waals surface area contributed by atoms with Crippen LogP contribution in [0, 0.1) is 5.92 Å². The fourth-order valence-electron chi connectivity index (χ4n) is 2.64. The van der Waals surface area contributed by atoms with E-state index in [0.29, 0.717) is 28.7 Å². The van der Waals surface area contributed by atoms with Crippen molar-refractivity contribution in [2.24, 2.45) is 5.92 Å². The van der Waals surface area contributed by atoms with Crippen LogP contribution >= 0.6 is 23.2 Å². The summed E-state index contributed by atoms with van der Waals surface area (Å²) in [4.78, 5) is 28.1. The molecule has 1 aliphatic rings. The van der Waals surface area contributed by atoms with E-state index in [2.05, 4.69) is 10.2 Å². The summed E-state index contributed by atoms with van der Waals surface area (Å²) in [7, 11) is 0. The molecule has 0 atom stereocenters. The first-order valence-electron chi connectivity index (χ1n) is 8.13. The fraction of sp³-hybridized carbons (Fsp3) is 0.529. The van der Waals surface area contributed by atoms with Gasteiger partial charge in [0.25, 0.3) is 0 Å². The number of amides is 2. The Hall–Kier alpha value is -1.30. The van der Waals surface area contributed by atoms with Crippen molar-refractivity contribution in [1.29, 1.82) is 0 Å². The van der Waals surface area contributed by atoms with Gasteiger partial charge in [-0.1, -0.05) is 43.1 Å². The molecule has 0 spiro atoms. The lowest BCUT2D eigenvalue weighted by Crippen LogP contribution is -2.50. The Morgan fingerprint density at radius 3 is 2.25 bits per heavy atom. The van der Waals surface area contributed by atoms with E-state index in [1.165, 1.54) is 0 Å². The zero-order valence-electron chi connectivity index (χ0n) is 14.0. The second-order valence-electron chi connectivity index (χ2n) is 6.22. The van der Waals surface area contributed by atoms with E-state index >= 15 is 0 Å². The van der Waals surface area contributed by atoms with Crippen LogP contribution in [0.5, 0.6) is 0 Å². The normalized spacial score (nSPS) is 15.6. The zero-order chi connectivity index (χ0) is 17.7. The summed E-state index contributed by atoms with van der Waals surface area (Å²) < 4.78 is 0. The van der Waals surface area contributed by atoms with Gasteiger partial charge in [-0.3, -0.25) is 14.5 Å². The van der Waals surface area contributed by atoms with E-state index in [-0.39, 0.29) is 17.7 Å². The van der Waals surface area contributed by atoms with Gasteiger partial charge in [-0.15, -0.1) is 0 Å². The fourth-order valence-corrected chi connectivity index (χ4v) is 3.13. The Balaban J connectivity index is 1.76. The molecule has 0 aliphatic carbocycles. The number of carbonyl (C=O) groups is 2. The number of nitrogens with one attached hydrogen (secondary N) is 1. The Morgan fingerprint density at radius 1 is 1.12 bits per heavy atom. The molecule has 1 fully saturated rings. The van der Waals surface area contributed by atoms with Crippen molar-refractivity contribution in [2.45, 2.75) is 20.3 Å². The molecule has 1 aromatic carbocycles. The average molecular weight is 372 g/mol. The van der Waals surface area contributed by atoms with Gasteiger partial charge in [-0.25, -0.2) is 0 Å². The highest BCUT2D eigenvalue weighted by Crippen LogP contribution is 2.29. The lowest BCUT2D eigenvalue weighted by molar-refractivity contribution is -0.136. The van der Waals surface area contributed by atoms with E-state index in [4.69, 9.17) is 23.2 Å². The highest BCUT2D eigenvalue weighted by Gasteiger charge is 2.23. The maximum atomic E-state index is 12.1. The molecule has 0 saturated carbocycles. The van der Waals surface area contributed by atoms with Crippen LogP contribution in [0.3, 0.4) is 0 Å². The number of hydrogen-bond acceptors (Lipinski definition) is 3. The minimum atomic E-state index is -0.120. The third kappa shape index (κ3) is 5.10. The van der Waals surface area contributed by atoms with Gasteiger partial charge in [0.15, 0.2) is 0 Å². The molecular formula is C17H23Cl2N3O2. The van der Waals surface area contributed by atoms with Crippen molar-refractivity contribution in [2.75, 3.05) is 38.0 Å². The first-order chi connectivity index (χ1) is 11.4. The van der Waals surface area contributed by atoms with Crippen molar-refractivity contribution in [3.05, 3.63) is 28.2 Å². The Morgan fingerprint density at radius 2 is 1.71 bits per heavy atom. The summed E-state index contributed by atoms with van der Waals surface area (Å²) in [5.74, 6) is 0.106. The first kappa shape index (κ1) is 19.0. The van der Waals surface area contributed by atoms with Gasteiger partial charge in [0.05, 0.1) is 15.7 Å². The second-order valence-corrected chi connectivity index (χ2v) is 7.03. The van der Waals surface area contributed by atoms with Crippen molar-refractivity contribution >= 4 is 40.7 Å². The number of halogens is 2. The van der Waals surface area contributed by atoms with Crippen LogP contribution in [0.2, 0.25) is 10.0 Å². The number of carbonyl (C=O) groups excluding carboxylic acids is 2. The lowest BCUT2D eigenvalue weighted by atomic mass is 10.1. The maximum Gasteiger partial charge on any atom is 0.225 e. The second kappa shape index (κ2) is 8.70. The van der Waals surface area contributed by atoms with E-state index in [1.54, 1.807) is 18.2 Å². The summed E-state index contributed by atoms with van der Waals surface area (Å²) in [6, 6.07) is 5.11. The molecule has 0 radical (unpaired) electrons. The topological polar surface area (TPSA) is 52.7 Å².